The summed E-state index contributed by atoms with van der Waals surface area (Å²) in [5.41, 5.74) is 3.13. The molecule has 0 aliphatic heterocycles. The van der Waals surface area contributed by atoms with Crippen LogP contribution in [-0.4, -0.2) is 28.8 Å². The summed E-state index contributed by atoms with van der Waals surface area (Å²) in [5, 5.41) is 1.28. The molecule has 3 rings (SSSR count). The second-order valence-electron chi connectivity index (χ2n) is 5.34. The first-order chi connectivity index (χ1) is 11.0. The number of aromatic nitrogens is 2. The average Bonchev–Trinajstić information content (AvgIpc) is 3.11. The third-order valence-electron chi connectivity index (χ3n) is 3.72. The molecule has 0 aliphatic rings. The summed E-state index contributed by atoms with van der Waals surface area (Å²) < 4.78 is 4.74. The van der Waals surface area contributed by atoms with Crippen molar-refractivity contribution in [2.75, 3.05) is 7.11 Å². The van der Waals surface area contributed by atoms with E-state index in [1.54, 1.807) is 30.5 Å². The summed E-state index contributed by atoms with van der Waals surface area (Å²) in [6.07, 6.45) is 1.75. The van der Waals surface area contributed by atoms with Crippen LogP contribution in [0, 0.1) is 6.92 Å². The Labute approximate surface area is 137 Å². The third-order valence-corrected chi connectivity index (χ3v) is 3.95. The van der Waals surface area contributed by atoms with E-state index in [-0.39, 0.29) is 12.2 Å². The molecule has 0 amide bonds. The molecule has 0 fully saturated rings. The highest BCUT2D eigenvalue weighted by molar-refractivity contribution is 6.31. The first kappa shape index (κ1) is 15.4. The van der Waals surface area contributed by atoms with Gasteiger partial charge in [-0.3, -0.25) is 9.59 Å². The average molecular weight is 331 g/mol. The molecule has 0 saturated heterocycles. The maximum absolute atomic E-state index is 12.8. The van der Waals surface area contributed by atoms with Crippen molar-refractivity contribution in [3.05, 3.63) is 58.0 Å². The molecular formula is C17H15ClN2O3. The molecule has 0 radical (unpaired) electrons. The lowest BCUT2D eigenvalue weighted by Crippen LogP contribution is -2.10. The predicted molar refractivity (Wildman–Crippen MR) is 88.0 cm³/mol. The zero-order chi connectivity index (χ0) is 16.6. The highest BCUT2D eigenvalue weighted by Crippen LogP contribution is 2.28. The minimum absolute atomic E-state index is 0.00237. The number of ether oxygens (including phenoxy) is 1. The molecule has 0 aliphatic carbocycles. The molecule has 6 heteroatoms. The number of esters is 1. The largest absolute Gasteiger partial charge is 0.469 e. The Bertz CT molecular complexity index is 908. The maximum atomic E-state index is 12.8. The molecule has 0 spiro atoms. The standard InChI is InChI=1S/C17H15ClN2O3/c1-9-5-14(19-8-9)17(22)16-12(7-15(21)23-2)11-6-10(18)3-4-13(11)20-16/h3-6,8,19-20H,7H2,1-2H3. The van der Waals surface area contributed by atoms with Gasteiger partial charge in [0.05, 0.1) is 24.9 Å². The van der Waals surface area contributed by atoms with Crippen LogP contribution in [0.4, 0.5) is 0 Å². The molecule has 1 aromatic carbocycles. The van der Waals surface area contributed by atoms with Gasteiger partial charge < -0.3 is 14.7 Å². The lowest BCUT2D eigenvalue weighted by atomic mass is 10.0. The van der Waals surface area contributed by atoms with E-state index in [4.69, 9.17) is 16.3 Å². The van der Waals surface area contributed by atoms with Gasteiger partial charge in [0.1, 0.15) is 0 Å². The Morgan fingerprint density at radius 2 is 2.04 bits per heavy atom. The number of hydrogen-bond acceptors (Lipinski definition) is 3. The Balaban J connectivity index is 2.16. The number of H-pyrrole nitrogens is 2. The van der Waals surface area contributed by atoms with E-state index in [0.29, 0.717) is 22.0 Å². The third kappa shape index (κ3) is 2.87. The molecule has 0 bridgehead atoms. The Hall–Kier alpha value is -2.53. The van der Waals surface area contributed by atoms with E-state index in [1.807, 2.05) is 6.92 Å². The minimum Gasteiger partial charge on any atom is -0.469 e. The summed E-state index contributed by atoms with van der Waals surface area (Å²) >= 11 is 6.05. The number of rotatable bonds is 4. The van der Waals surface area contributed by atoms with E-state index in [0.717, 1.165) is 16.5 Å². The fourth-order valence-corrected chi connectivity index (χ4v) is 2.75. The molecule has 23 heavy (non-hydrogen) atoms. The highest BCUT2D eigenvalue weighted by atomic mass is 35.5. The topological polar surface area (TPSA) is 75.0 Å². The van der Waals surface area contributed by atoms with E-state index < -0.39 is 5.97 Å². The van der Waals surface area contributed by atoms with Crippen molar-refractivity contribution in [2.24, 2.45) is 0 Å². The summed E-state index contributed by atoms with van der Waals surface area (Å²) in [6.45, 7) is 1.90. The van der Waals surface area contributed by atoms with Crippen LogP contribution in [0.5, 0.6) is 0 Å². The van der Waals surface area contributed by atoms with Crippen LogP contribution < -0.4 is 0 Å². The van der Waals surface area contributed by atoms with E-state index >= 15 is 0 Å². The number of halogens is 1. The molecule has 0 saturated carbocycles. The predicted octanol–water partition coefficient (Wildman–Crippen LogP) is 3.40. The second kappa shape index (κ2) is 5.93. The lowest BCUT2D eigenvalue weighted by Gasteiger charge is -2.03. The van der Waals surface area contributed by atoms with Crippen LogP contribution >= 0.6 is 11.6 Å². The fraction of sp³-hybridized carbons (Fsp3) is 0.176. The molecule has 0 atom stereocenters. The summed E-state index contributed by atoms with van der Waals surface area (Å²) in [4.78, 5) is 30.5. The first-order valence-corrected chi connectivity index (χ1v) is 7.44. The maximum Gasteiger partial charge on any atom is 0.310 e. The number of fused-ring (bicyclic) bond motifs is 1. The molecular weight excluding hydrogens is 316 g/mol. The lowest BCUT2D eigenvalue weighted by molar-refractivity contribution is -0.139. The molecule has 2 aromatic heterocycles. The number of methoxy groups -OCH3 is 1. The molecule has 2 heterocycles. The van der Waals surface area contributed by atoms with Gasteiger partial charge in [-0.2, -0.15) is 0 Å². The fourth-order valence-electron chi connectivity index (χ4n) is 2.58. The number of nitrogens with one attached hydrogen (secondary N) is 2. The van der Waals surface area contributed by atoms with Gasteiger partial charge in [0, 0.05) is 27.7 Å². The van der Waals surface area contributed by atoms with Crippen molar-refractivity contribution in [1.29, 1.82) is 0 Å². The van der Waals surface area contributed by atoms with Crippen molar-refractivity contribution in [3.8, 4) is 0 Å². The molecule has 3 aromatic rings. The summed E-state index contributed by atoms with van der Waals surface area (Å²) in [7, 11) is 1.32. The Morgan fingerprint density at radius 1 is 1.26 bits per heavy atom. The smallest absolute Gasteiger partial charge is 0.310 e. The van der Waals surface area contributed by atoms with Crippen LogP contribution in [0.15, 0.2) is 30.5 Å². The van der Waals surface area contributed by atoms with Gasteiger partial charge in [0.25, 0.3) is 0 Å². The van der Waals surface area contributed by atoms with Crippen molar-refractivity contribution in [1.82, 2.24) is 9.97 Å². The van der Waals surface area contributed by atoms with E-state index in [9.17, 15) is 9.59 Å². The van der Waals surface area contributed by atoms with Crippen LogP contribution in [0.1, 0.15) is 27.3 Å². The first-order valence-electron chi connectivity index (χ1n) is 7.06. The van der Waals surface area contributed by atoms with Crippen LogP contribution in [0.3, 0.4) is 0 Å². The van der Waals surface area contributed by atoms with E-state index in [1.165, 1.54) is 7.11 Å². The van der Waals surface area contributed by atoms with Crippen molar-refractivity contribution in [2.45, 2.75) is 13.3 Å². The number of aryl methyl sites for hydroxylation is 1. The molecule has 2 N–H and O–H groups in total. The van der Waals surface area contributed by atoms with Gasteiger partial charge in [-0.15, -0.1) is 0 Å². The Kier molecular flexibility index (Phi) is 3.96. The van der Waals surface area contributed by atoms with E-state index in [2.05, 4.69) is 9.97 Å². The number of carbonyl (C=O) groups excluding carboxylic acids is 2. The normalized spacial score (nSPS) is 10.9. The van der Waals surface area contributed by atoms with Gasteiger partial charge in [0.15, 0.2) is 0 Å². The van der Waals surface area contributed by atoms with Gasteiger partial charge in [0.2, 0.25) is 5.78 Å². The van der Waals surface area contributed by atoms with Gasteiger partial charge in [-0.05, 0) is 36.8 Å². The van der Waals surface area contributed by atoms with Crippen LogP contribution in [-0.2, 0) is 16.0 Å². The quantitative estimate of drug-likeness (QED) is 0.568. The van der Waals surface area contributed by atoms with Crippen molar-refractivity contribution in [3.63, 3.8) is 0 Å². The zero-order valence-electron chi connectivity index (χ0n) is 12.7. The number of benzene rings is 1. The van der Waals surface area contributed by atoms with Gasteiger partial charge in [-0.1, -0.05) is 11.6 Å². The minimum atomic E-state index is -0.414. The number of carbonyl (C=O) groups is 2. The number of ketones is 1. The number of hydrogen-bond donors (Lipinski definition) is 2. The van der Waals surface area contributed by atoms with Crippen molar-refractivity contribution >= 4 is 34.3 Å². The molecule has 0 unspecified atom stereocenters. The Morgan fingerprint density at radius 3 is 2.70 bits per heavy atom. The summed E-state index contributed by atoms with van der Waals surface area (Å²) in [5.74, 6) is -0.619. The highest BCUT2D eigenvalue weighted by Gasteiger charge is 2.22. The number of aromatic amines is 2. The monoisotopic (exact) mass is 330 g/mol. The summed E-state index contributed by atoms with van der Waals surface area (Å²) in [6, 6.07) is 7.02. The van der Waals surface area contributed by atoms with Gasteiger partial charge in [-0.25, -0.2) is 0 Å². The van der Waals surface area contributed by atoms with Crippen LogP contribution in [0.2, 0.25) is 5.02 Å². The molecule has 118 valence electrons. The van der Waals surface area contributed by atoms with Gasteiger partial charge >= 0.3 is 5.97 Å². The zero-order valence-corrected chi connectivity index (χ0v) is 13.5. The second-order valence-corrected chi connectivity index (χ2v) is 5.78. The van der Waals surface area contributed by atoms with Crippen LogP contribution in [0.25, 0.3) is 10.9 Å². The van der Waals surface area contributed by atoms with Crippen molar-refractivity contribution < 1.29 is 14.3 Å². The SMILES string of the molecule is COC(=O)Cc1c(C(=O)c2cc(C)c[nH]2)[nH]c2ccc(Cl)cc12. The molecule has 5 nitrogen and oxygen atoms in total.